The van der Waals surface area contributed by atoms with Crippen LogP contribution in [0.25, 0.3) is 5.57 Å². The van der Waals surface area contributed by atoms with E-state index in [9.17, 15) is 22.9 Å². The van der Waals surface area contributed by atoms with Gasteiger partial charge in [0.05, 0.1) is 23.9 Å². The molecule has 0 aliphatic heterocycles. The molecule has 1 aliphatic rings. The van der Waals surface area contributed by atoms with Gasteiger partial charge in [-0.2, -0.15) is 0 Å². The second-order valence-corrected chi connectivity index (χ2v) is 9.75. The number of rotatable bonds is 3. The summed E-state index contributed by atoms with van der Waals surface area (Å²) in [6.45, 7) is 0. The van der Waals surface area contributed by atoms with Crippen molar-refractivity contribution in [2.75, 3.05) is 0 Å². The number of phenols is 1. The minimum Gasteiger partial charge on any atom is -0.744 e. The average Bonchev–Trinajstić information content (AvgIpc) is 2.64. The first-order valence-corrected chi connectivity index (χ1v) is 11.5. The predicted molar refractivity (Wildman–Crippen MR) is 117 cm³/mol. The van der Waals surface area contributed by atoms with E-state index in [1.807, 2.05) is 0 Å². The number of hydrogen-bond acceptors (Lipinski definition) is 5. The van der Waals surface area contributed by atoms with Crippen molar-refractivity contribution in [2.45, 2.75) is 4.90 Å². The van der Waals surface area contributed by atoms with Gasteiger partial charge in [0.25, 0.3) is 0 Å². The van der Waals surface area contributed by atoms with Crippen LogP contribution in [0.5, 0.6) is 5.75 Å². The summed E-state index contributed by atoms with van der Waals surface area (Å²) in [5.74, 6) is -0.641. The number of ketones is 1. The van der Waals surface area contributed by atoms with E-state index in [1.54, 1.807) is 6.07 Å². The van der Waals surface area contributed by atoms with Gasteiger partial charge < -0.3 is 9.66 Å². The molecule has 5 nitrogen and oxygen atoms in total. The van der Waals surface area contributed by atoms with Crippen LogP contribution >= 0.6 is 55.1 Å². The Morgan fingerprint density at radius 2 is 1.72 bits per heavy atom. The van der Waals surface area contributed by atoms with Crippen LogP contribution in [-0.4, -0.2) is 23.9 Å². The van der Waals surface area contributed by atoms with E-state index in [2.05, 4.69) is 31.9 Å². The minimum absolute atomic E-state index is 0.0000515. The number of Topliss-reactive ketones (excluding diaryl/α,β-unsaturated/α-hetero) is 1. The summed E-state index contributed by atoms with van der Waals surface area (Å²) < 4.78 is 36.0. The molecule has 0 amide bonds. The lowest BCUT2D eigenvalue weighted by Gasteiger charge is -2.20. The Balaban J connectivity index is 2.47. The average molecular weight is 580 g/mol. The Kier molecular flexibility index (Phi) is 6.43. The molecular formula is C19H9Br2Cl2O5S-. The summed E-state index contributed by atoms with van der Waals surface area (Å²) >= 11 is 18.5. The highest BCUT2D eigenvalue weighted by Crippen LogP contribution is 2.41. The van der Waals surface area contributed by atoms with E-state index in [0.29, 0.717) is 11.1 Å². The first-order chi connectivity index (χ1) is 13.5. The molecule has 0 saturated carbocycles. The zero-order chi connectivity index (χ0) is 21.5. The summed E-state index contributed by atoms with van der Waals surface area (Å²) in [5.41, 5.74) is 1.13. The molecule has 0 radical (unpaired) electrons. The molecule has 2 aromatic carbocycles. The molecule has 2 aromatic rings. The molecule has 0 aromatic heterocycles. The van der Waals surface area contributed by atoms with E-state index in [4.69, 9.17) is 23.2 Å². The monoisotopic (exact) mass is 577 g/mol. The van der Waals surface area contributed by atoms with Gasteiger partial charge in [0.15, 0.2) is 0 Å². The minimum atomic E-state index is -4.82. The maximum absolute atomic E-state index is 12.0. The number of carbonyl (C=O) groups is 1. The largest absolute Gasteiger partial charge is 0.744 e. The van der Waals surface area contributed by atoms with Crippen LogP contribution < -0.4 is 0 Å². The van der Waals surface area contributed by atoms with E-state index in [1.165, 1.54) is 42.5 Å². The number of aromatic hydroxyl groups is 1. The smallest absolute Gasteiger partial charge is 0.211 e. The Labute approximate surface area is 193 Å². The van der Waals surface area contributed by atoms with Crippen molar-refractivity contribution < 1.29 is 22.9 Å². The molecule has 0 fully saturated rings. The summed E-state index contributed by atoms with van der Waals surface area (Å²) in [6, 6.07) is 8.57. The third-order valence-corrected chi connectivity index (χ3v) is 6.68. The lowest BCUT2D eigenvalue weighted by Crippen LogP contribution is -2.07. The van der Waals surface area contributed by atoms with Crippen molar-refractivity contribution in [3.8, 4) is 5.75 Å². The van der Waals surface area contributed by atoms with Crippen LogP contribution in [0, 0.1) is 0 Å². The maximum atomic E-state index is 12.0. The van der Waals surface area contributed by atoms with Gasteiger partial charge in [-0.05, 0) is 78.9 Å². The Morgan fingerprint density at radius 1 is 1.07 bits per heavy atom. The van der Waals surface area contributed by atoms with Crippen molar-refractivity contribution in [3.63, 3.8) is 0 Å². The van der Waals surface area contributed by atoms with Crippen LogP contribution in [0.3, 0.4) is 0 Å². The molecule has 3 rings (SSSR count). The molecule has 0 spiro atoms. The van der Waals surface area contributed by atoms with Crippen LogP contribution in [0.1, 0.15) is 11.1 Å². The molecule has 0 heterocycles. The van der Waals surface area contributed by atoms with Crippen molar-refractivity contribution in [1.29, 1.82) is 0 Å². The third kappa shape index (κ3) is 4.52. The topological polar surface area (TPSA) is 94.5 Å². The Morgan fingerprint density at radius 3 is 2.31 bits per heavy atom. The number of phenolic OH excluding ortho intramolecular Hbond substituents is 1. The van der Waals surface area contributed by atoms with Gasteiger partial charge in [-0.3, -0.25) is 4.79 Å². The highest BCUT2D eigenvalue weighted by Gasteiger charge is 2.23. The van der Waals surface area contributed by atoms with E-state index in [0.717, 1.165) is 0 Å². The number of halogens is 4. The molecular weight excluding hydrogens is 571 g/mol. The second-order valence-electron chi connectivity index (χ2n) is 5.88. The van der Waals surface area contributed by atoms with Crippen molar-refractivity contribution >= 4 is 76.5 Å². The highest BCUT2D eigenvalue weighted by atomic mass is 79.9. The Bertz CT molecular complexity index is 1200. The summed E-state index contributed by atoms with van der Waals surface area (Å²) in [7, 11) is -4.82. The first-order valence-electron chi connectivity index (χ1n) is 7.77. The van der Waals surface area contributed by atoms with E-state index < -0.39 is 20.8 Å². The molecule has 1 aliphatic carbocycles. The fraction of sp³-hybridized carbons (Fsp3) is 0. The fourth-order valence-corrected chi connectivity index (χ4v) is 5.05. The van der Waals surface area contributed by atoms with Crippen LogP contribution in [-0.2, 0) is 14.9 Å². The zero-order valence-corrected chi connectivity index (χ0v) is 19.6. The SMILES string of the molecule is O=C1C(Cl)=C/C(=C(/c2cc(Cl)c(O)c(Br)c2)c2ccccc2S(=O)(=O)[O-])C=C1Br. The molecule has 0 atom stereocenters. The van der Waals surface area contributed by atoms with Gasteiger partial charge >= 0.3 is 0 Å². The third-order valence-electron chi connectivity index (χ3n) is 4.02. The van der Waals surface area contributed by atoms with Gasteiger partial charge in [-0.15, -0.1) is 0 Å². The lowest BCUT2D eigenvalue weighted by molar-refractivity contribution is -0.111. The quantitative estimate of drug-likeness (QED) is 0.485. The molecule has 1 N–H and O–H groups in total. The lowest BCUT2D eigenvalue weighted by atomic mass is 9.90. The van der Waals surface area contributed by atoms with Crippen LogP contribution in [0.4, 0.5) is 0 Å². The fourth-order valence-electron chi connectivity index (χ4n) is 2.78. The van der Waals surface area contributed by atoms with Crippen LogP contribution in [0.2, 0.25) is 5.02 Å². The summed E-state index contributed by atoms with van der Waals surface area (Å²) in [4.78, 5) is 11.5. The van der Waals surface area contributed by atoms with Crippen molar-refractivity contribution in [3.05, 3.63) is 84.3 Å². The predicted octanol–water partition coefficient (Wildman–Crippen LogP) is 5.50. The normalized spacial score (nSPS) is 16.4. The molecule has 29 heavy (non-hydrogen) atoms. The molecule has 0 bridgehead atoms. The van der Waals surface area contributed by atoms with Gasteiger partial charge in [-0.25, -0.2) is 8.42 Å². The standard InChI is InChI=1S/C19H10Br2Cl2O5S/c20-12-5-9(7-14(22)18(12)24)17(10-6-13(21)19(25)15(23)8-10)11-3-1-2-4-16(11)29(26,27)28/h1-8,24H,(H,26,27,28)/p-1/b17-10-. The van der Waals surface area contributed by atoms with Crippen LogP contribution in [0.15, 0.2) is 73.0 Å². The first kappa shape index (κ1) is 22.3. The summed E-state index contributed by atoms with van der Waals surface area (Å²) in [6.07, 6.45) is 2.83. The maximum Gasteiger partial charge on any atom is 0.211 e. The van der Waals surface area contributed by atoms with Gasteiger partial charge in [0.1, 0.15) is 15.9 Å². The summed E-state index contributed by atoms with van der Waals surface area (Å²) in [5, 5.41) is 9.86. The van der Waals surface area contributed by atoms with Crippen molar-refractivity contribution in [2.24, 2.45) is 0 Å². The van der Waals surface area contributed by atoms with Gasteiger partial charge in [-0.1, -0.05) is 41.4 Å². The number of carbonyl (C=O) groups excluding carboxylic acids is 1. The number of benzene rings is 2. The van der Waals surface area contributed by atoms with E-state index in [-0.39, 0.29) is 35.9 Å². The van der Waals surface area contributed by atoms with Gasteiger partial charge in [0.2, 0.25) is 5.78 Å². The Hall–Kier alpha value is -1.42. The number of hydrogen-bond donors (Lipinski definition) is 1. The highest BCUT2D eigenvalue weighted by molar-refractivity contribution is 9.12. The molecule has 0 unspecified atom stereocenters. The van der Waals surface area contributed by atoms with E-state index >= 15 is 0 Å². The zero-order valence-electron chi connectivity index (χ0n) is 14.1. The molecule has 150 valence electrons. The molecule has 0 saturated heterocycles. The van der Waals surface area contributed by atoms with Gasteiger partial charge in [0, 0.05) is 5.56 Å². The number of allylic oxidation sites excluding steroid dienone is 5. The molecule has 10 heteroatoms. The van der Waals surface area contributed by atoms with Crippen molar-refractivity contribution in [1.82, 2.24) is 0 Å². The second kappa shape index (κ2) is 8.37.